The molecule has 0 spiro atoms. The highest BCUT2D eigenvalue weighted by atomic mass is 79.9. The average Bonchev–Trinajstić information content (AvgIpc) is 2.99. The van der Waals surface area contributed by atoms with Crippen LogP contribution in [0, 0.1) is 6.92 Å². The molecule has 3 rings (SSSR count). The first kappa shape index (κ1) is 17.8. The van der Waals surface area contributed by atoms with Gasteiger partial charge in [-0.25, -0.2) is 18.1 Å². The number of nitrogens with one attached hydrogen (secondary N) is 1. The van der Waals surface area contributed by atoms with Gasteiger partial charge in [-0.3, -0.25) is 4.68 Å². The maximum Gasteiger partial charge on any atom is 0.267 e. The lowest BCUT2D eigenvalue weighted by Gasteiger charge is -2.11. The van der Waals surface area contributed by atoms with Crippen LogP contribution in [0.3, 0.4) is 0 Å². The lowest BCUT2D eigenvalue weighted by Crippen LogP contribution is -2.15. The zero-order chi connectivity index (χ0) is 18.2. The van der Waals surface area contributed by atoms with Crippen LogP contribution in [0.15, 0.2) is 46.0 Å². The average molecular weight is 443 g/mol. The predicted octanol–water partition coefficient (Wildman–Crippen LogP) is 3.40. The molecule has 0 aliphatic rings. The van der Waals surface area contributed by atoms with Gasteiger partial charge in [0, 0.05) is 18.8 Å². The van der Waals surface area contributed by atoms with Crippen LogP contribution >= 0.6 is 27.5 Å². The molecule has 7 nitrogen and oxygen atoms in total. The number of aryl methyl sites for hydroxylation is 2. The normalized spacial score (nSPS) is 11.5. The summed E-state index contributed by atoms with van der Waals surface area (Å²) >= 11 is 9.52. The van der Waals surface area contributed by atoms with Crippen molar-refractivity contribution in [3.8, 4) is 11.3 Å². The molecule has 3 aromatic rings. The Morgan fingerprint density at radius 2 is 1.96 bits per heavy atom. The smallest absolute Gasteiger partial charge is 0.267 e. The third-order valence-electron chi connectivity index (χ3n) is 3.43. The van der Waals surface area contributed by atoms with Gasteiger partial charge in [-0.05, 0) is 28.4 Å². The van der Waals surface area contributed by atoms with Crippen LogP contribution in [-0.2, 0) is 17.1 Å². The summed E-state index contributed by atoms with van der Waals surface area (Å²) in [6.07, 6.45) is 2.62. The quantitative estimate of drug-likeness (QED) is 0.625. The number of hydrogen-bond acceptors (Lipinski definition) is 5. The third-order valence-corrected chi connectivity index (χ3v) is 5.96. The molecule has 0 aliphatic carbocycles. The summed E-state index contributed by atoms with van der Waals surface area (Å²) in [6, 6.07) is 7.57. The Morgan fingerprint density at radius 1 is 1.24 bits per heavy atom. The summed E-state index contributed by atoms with van der Waals surface area (Å²) in [4.78, 5) is 8.33. The predicted molar refractivity (Wildman–Crippen MR) is 98.9 cm³/mol. The molecule has 0 bridgehead atoms. The van der Waals surface area contributed by atoms with Gasteiger partial charge in [0.15, 0.2) is 0 Å². The van der Waals surface area contributed by atoms with Crippen molar-refractivity contribution in [2.75, 3.05) is 4.72 Å². The van der Waals surface area contributed by atoms with E-state index < -0.39 is 10.0 Å². The zero-order valence-electron chi connectivity index (χ0n) is 13.2. The molecule has 1 N–H and O–H groups in total. The third kappa shape index (κ3) is 3.68. The second-order valence-electron chi connectivity index (χ2n) is 5.27. The topological polar surface area (TPSA) is 89.8 Å². The SMILES string of the molecule is Cc1ccccc1-c1nc(NS(=O)(=O)c2cnn(C)c2)nc(Cl)c1Br. The molecule has 0 atom stereocenters. The van der Waals surface area contributed by atoms with Crippen molar-refractivity contribution in [3.63, 3.8) is 0 Å². The highest BCUT2D eigenvalue weighted by molar-refractivity contribution is 9.10. The molecule has 2 heterocycles. The lowest BCUT2D eigenvalue weighted by atomic mass is 10.1. The molecule has 0 aliphatic heterocycles. The number of nitrogens with zero attached hydrogens (tertiary/aromatic N) is 4. The molecular weight excluding hydrogens is 430 g/mol. The van der Waals surface area contributed by atoms with Crippen LogP contribution in [-0.4, -0.2) is 28.2 Å². The Morgan fingerprint density at radius 3 is 2.60 bits per heavy atom. The second kappa shape index (κ2) is 6.74. The number of benzene rings is 1. The molecule has 1 aromatic carbocycles. The maximum absolute atomic E-state index is 12.4. The van der Waals surface area contributed by atoms with Gasteiger partial charge in [-0.15, -0.1) is 0 Å². The van der Waals surface area contributed by atoms with Crippen molar-refractivity contribution in [3.05, 3.63) is 51.8 Å². The van der Waals surface area contributed by atoms with Crippen molar-refractivity contribution in [2.45, 2.75) is 11.8 Å². The van der Waals surface area contributed by atoms with Crippen molar-refractivity contribution in [1.29, 1.82) is 0 Å². The van der Waals surface area contributed by atoms with E-state index in [4.69, 9.17) is 11.6 Å². The summed E-state index contributed by atoms with van der Waals surface area (Å²) in [5.74, 6) is -0.115. The number of halogens is 2. The van der Waals surface area contributed by atoms with Crippen molar-refractivity contribution >= 4 is 43.5 Å². The van der Waals surface area contributed by atoms with Crippen LogP contribution in [0.1, 0.15) is 5.56 Å². The van der Waals surface area contributed by atoms with Gasteiger partial charge in [0.1, 0.15) is 10.0 Å². The summed E-state index contributed by atoms with van der Waals surface area (Å²) in [7, 11) is -2.24. The fourth-order valence-electron chi connectivity index (χ4n) is 2.20. The lowest BCUT2D eigenvalue weighted by molar-refractivity contribution is 0.600. The van der Waals surface area contributed by atoms with Crippen LogP contribution in [0.5, 0.6) is 0 Å². The number of sulfonamides is 1. The van der Waals surface area contributed by atoms with E-state index in [9.17, 15) is 8.42 Å². The molecule has 0 saturated heterocycles. The Hall–Kier alpha value is -1.97. The summed E-state index contributed by atoms with van der Waals surface area (Å²) in [6.45, 7) is 1.93. The van der Waals surface area contributed by atoms with Crippen LogP contribution in [0.4, 0.5) is 5.95 Å². The molecule has 10 heteroatoms. The maximum atomic E-state index is 12.4. The van der Waals surface area contributed by atoms with Gasteiger partial charge in [0.2, 0.25) is 5.95 Å². The highest BCUT2D eigenvalue weighted by Gasteiger charge is 2.20. The molecule has 0 amide bonds. The van der Waals surface area contributed by atoms with Crippen molar-refractivity contribution in [1.82, 2.24) is 19.7 Å². The number of rotatable bonds is 4. The fourth-order valence-corrected chi connectivity index (χ4v) is 3.69. The van der Waals surface area contributed by atoms with Gasteiger partial charge in [0.05, 0.1) is 16.4 Å². The Balaban J connectivity index is 2.06. The van der Waals surface area contributed by atoms with E-state index in [1.807, 2.05) is 31.2 Å². The molecule has 0 radical (unpaired) electrons. The minimum absolute atomic E-state index is 0.00934. The number of hydrogen-bond donors (Lipinski definition) is 1. The first-order chi connectivity index (χ1) is 11.8. The van der Waals surface area contributed by atoms with Gasteiger partial charge in [0.25, 0.3) is 10.0 Å². The zero-order valence-corrected chi connectivity index (χ0v) is 16.4. The Kier molecular flexibility index (Phi) is 4.81. The molecular formula is C15H13BrClN5O2S. The van der Waals surface area contributed by atoms with E-state index in [2.05, 4.69) is 35.7 Å². The molecule has 0 saturated carbocycles. The Bertz CT molecular complexity index is 1050. The van der Waals surface area contributed by atoms with E-state index in [-0.39, 0.29) is 16.0 Å². The minimum Gasteiger partial charge on any atom is -0.274 e. The first-order valence-corrected chi connectivity index (χ1v) is 9.74. The van der Waals surface area contributed by atoms with Crippen LogP contribution in [0.2, 0.25) is 5.15 Å². The van der Waals surface area contributed by atoms with E-state index in [1.54, 1.807) is 7.05 Å². The molecule has 2 aromatic heterocycles. The standard InChI is InChI=1S/C15H13BrClN5O2S/c1-9-5-3-4-6-11(9)13-12(16)14(17)20-15(19-13)21-25(23,24)10-7-18-22(2)8-10/h3-8H,1-2H3,(H,19,20,21). The second-order valence-corrected chi connectivity index (χ2v) is 8.10. The molecule has 0 unspecified atom stereocenters. The van der Waals surface area contributed by atoms with Gasteiger partial charge in [-0.1, -0.05) is 35.9 Å². The van der Waals surface area contributed by atoms with Gasteiger partial charge >= 0.3 is 0 Å². The van der Waals surface area contributed by atoms with E-state index in [0.717, 1.165) is 11.1 Å². The van der Waals surface area contributed by atoms with E-state index in [0.29, 0.717) is 10.2 Å². The Labute approximate surface area is 158 Å². The highest BCUT2D eigenvalue weighted by Crippen LogP contribution is 2.34. The van der Waals surface area contributed by atoms with E-state index >= 15 is 0 Å². The van der Waals surface area contributed by atoms with Crippen molar-refractivity contribution < 1.29 is 8.42 Å². The molecule has 0 fully saturated rings. The fraction of sp³-hybridized carbons (Fsp3) is 0.133. The van der Waals surface area contributed by atoms with Crippen LogP contribution in [0.25, 0.3) is 11.3 Å². The summed E-state index contributed by atoms with van der Waals surface area (Å²) < 4.78 is 29.1. The van der Waals surface area contributed by atoms with Crippen LogP contribution < -0.4 is 4.72 Å². The largest absolute Gasteiger partial charge is 0.274 e. The van der Waals surface area contributed by atoms with Gasteiger partial charge < -0.3 is 0 Å². The summed E-state index contributed by atoms with van der Waals surface area (Å²) in [5, 5.41) is 3.96. The van der Waals surface area contributed by atoms with Gasteiger partial charge in [-0.2, -0.15) is 10.1 Å². The molecule has 25 heavy (non-hydrogen) atoms. The summed E-state index contributed by atoms with van der Waals surface area (Å²) in [5.41, 5.74) is 2.29. The van der Waals surface area contributed by atoms with Crippen molar-refractivity contribution in [2.24, 2.45) is 7.05 Å². The first-order valence-electron chi connectivity index (χ1n) is 7.08. The molecule has 130 valence electrons. The number of aromatic nitrogens is 4. The monoisotopic (exact) mass is 441 g/mol. The minimum atomic E-state index is -3.86. The number of anilines is 1. The van der Waals surface area contributed by atoms with E-state index in [1.165, 1.54) is 17.1 Å².